The molecule has 7 nitrogen and oxygen atoms in total. The van der Waals surface area contributed by atoms with Gasteiger partial charge in [0.1, 0.15) is 0 Å². The van der Waals surface area contributed by atoms with Gasteiger partial charge >= 0.3 is 5.69 Å². The number of benzene rings is 1. The van der Waals surface area contributed by atoms with Crippen molar-refractivity contribution in [3.05, 3.63) is 28.7 Å². The number of piperidine rings is 1. The van der Waals surface area contributed by atoms with Crippen molar-refractivity contribution in [1.82, 2.24) is 19.6 Å². The highest BCUT2D eigenvalue weighted by Gasteiger charge is 2.24. The fourth-order valence-electron chi connectivity index (χ4n) is 3.66. The summed E-state index contributed by atoms with van der Waals surface area (Å²) in [6.07, 6.45) is 4.58. The standard InChI is InChI=1S/C18H28N4O3S/c1-13(2)10-14(22-8-4-3-5-9-22)12-19-26(24,25)15-6-7-16-17(11-15)21-18(23)20-16/h6-7,11,13-14,19H,3-5,8-10,12H2,1-2H3,(H2,20,21,23). The van der Waals surface area contributed by atoms with Gasteiger partial charge < -0.3 is 9.97 Å². The normalized spacial score (nSPS) is 17.8. The fourth-order valence-corrected chi connectivity index (χ4v) is 4.76. The van der Waals surface area contributed by atoms with Crippen molar-refractivity contribution in [2.24, 2.45) is 5.92 Å². The van der Waals surface area contributed by atoms with E-state index in [1.165, 1.54) is 31.4 Å². The molecule has 0 radical (unpaired) electrons. The number of aromatic amines is 2. The molecule has 0 spiro atoms. The molecule has 3 N–H and O–H groups in total. The average molecular weight is 381 g/mol. The molecule has 1 saturated heterocycles. The summed E-state index contributed by atoms with van der Waals surface area (Å²) in [4.78, 5) is 19.2. The summed E-state index contributed by atoms with van der Waals surface area (Å²) in [5.74, 6) is 0.507. The number of rotatable bonds is 7. The molecule has 1 fully saturated rings. The van der Waals surface area contributed by atoms with Crippen molar-refractivity contribution >= 4 is 21.1 Å². The van der Waals surface area contributed by atoms with Crippen molar-refractivity contribution in [1.29, 1.82) is 0 Å². The van der Waals surface area contributed by atoms with E-state index in [1.807, 2.05) is 0 Å². The molecule has 1 aromatic carbocycles. The van der Waals surface area contributed by atoms with Gasteiger partial charge in [-0.25, -0.2) is 17.9 Å². The molecule has 1 atom stereocenters. The first-order valence-corrected chi connectivity index (χ1v) is 10.8. The molecule has 1 aromatic heterocycles. The van der Waals surface area contributed by atoms with Crippen LogP contribution in [0, 0.1) is 5.92 Å². The van der Waals surface area contributed by atoms with Crippen LogP contribution in [0.4, 0.5) is 0 Å². The predicted molar refractivity (Wildman–Crippen MR) is 103 cm³/mol. The molecular formula is C18H28N4O3S. The highest BCUT2D eigenvalue weighted by molar-refractivity contribution is 7.89. The van der Waals surface area contributed by atoms with Crippen LogP contribution < -0.4 is 10.4 Å². The van der Waals surface area contributed by atoms with Crippen molar-refractivity contribution < 1.29 is 8.42 Å². The fraction of sp³-hybridized carbons (Fsp3) is 0.611. The molecule has 0 saturated carbocycles. The third-order valence-electron chi connectivity index (χ3n) is 4.96. The molecular weight excluding hydrogens is 352 g/mol. The summed E-state index contributed by atoms with van der Waals surface area (Å²) in [6.45, 7) is 6.82. The zero-order chi connectivity index (χ0) is 18.7. The molecule has 2 aromatic rings. The van der Waals surface area contributed by atoms with E-state index in [2.05, 4.69) is 33.4 Å². The van der Waals surface area contributed by atoms with E-state index in [9.17, 15) is 13.2 Å². The largest absolute Gasteiger partial charge is 0.323 e. The Morgan fingerprint density at radius 1 is 1.12 bits per heavy atom. The topological polar surface area (TPSA) is 98.1 Å². The zero-order valence-corrected chi connectivity index (χ0v) is 16.2. The van der Waals surface area contributed by atoms with Crippen LogP contribution in [-0.4, -0.2) is 49.0 Å². The molecule has 0 aliphatic carbocycles. The van der Waals surface area contributed by atoms with E-state index in [0.717, 1.165) is 19.5 Å². The lowest BCUT2D eigenvalue weighted by Gasteiger charge is -2.35. The molecule has 144 valence electrons. The highest BCUT2D eigenvalue weighted by atomic mass is 32.2. The maximum Gasteiger partial charge on any atom is 0.323 e. The van der Waals surface area contributed by atoms with Gasteiger partial charge in [-0.15, -0.1) is 0 Å². The van der Waals surface area contributed by atoms with Gasteiger partial charge in [-0.1, -0.05) is 20.3 Å². The van der Waals surface area contributed by atoms with Gasteiger partial charge in [-0.05, 0) is 56.5 Å². The van der Waals surface area contributed by atoms with Gasteiger partial charge in [0, 0.05) is 12.6 Å². The lowest BCUT2D eigenvalue weighted by atomic mass is 10.00. The Hall–Kier alpha value is -1.64. The molecule has 1 aliphatic heterocycles. The van der Waals surface area contributed by atoms with E-state index in [0.29, 0.717) is 23.5 Å². The van der Waals surface area contributed by atoms with Gasteiger partial charge in [-0.3, -0.25) is 4.90 Å². The van der Waals surface area contributed by atoms with Crippen molar-refractivity contribution in [3.8, 4) is 0 Å². The van der Waals surface area contributed by atoms with Crippen LogP contribution in [0.1, 0.15) is 39.5 Å². The van der Waals surface area contributed by atoms with Crippen molar-refractivity contribution in [3.63, 3.8) is 0 Å². The molecule has 0 bridgehead atoms. The minimum atomic E-state index is -3.62. The van der Waals surface area contributed by atoms with Gasteiger partial charge in [0.05, 0.1) is 15.9 Å². The first kappa shape index (κ1) is 19.1. The maximum atomic E-state index is 12.7. The van der Waals surface area contributed by atoms with Crippen molar-refractivity contribution in [2.45, 2.75) is 50.5 Å². The maximum absolute atomic E-state index is 12.7. The van der Waals surface area contributed by atoms with E-state index < -0.39 is 10.0 Å². The number of nitrogens with one attached hydrogen (secondary N) is 3. The van der Waals surface area contributed by atoms with Gasteiger partial charge in [0.15, 0.2) is 0 Å². The monoisotopic (exact) mass is 380 g/mol. The first-order valence-electron chi connectivity index (χ1n) is 9.31. The van der Waals surface area contributed by atoms with Gasteiger partial charge in [-0.2, -0.15) is 0 Å². The molecule has 1 unspecified atom stereocenters. The summed E-state index contributed by atoms with van der Waals surface area (Å²) in [7, 11) is -3.62. The number of fused-ring (bicyclic) bond motifs is 1. The number of sulfonamides is 1. The van der Waals surface area contributed by atoms with E-state index in [1.54, 1.807) is 6.07 Å². The Morgan fingerprint density at radius 3 is 2.50 bits per heavy atom. The predicted octanol–water partition coefficient (Wildman–Crippen LogP) is 2.04. The number of aromatic nitrogens is 2. The summed E-state index contributed by atoms with van der Waals surface area (Å²) in [5.41, 5.74) is 0.747. The summed E-state index contributed by atoms with van der Waals surface area (Å²) in [5, 5.41) is 0. The second kappa shape index (κ2) is 7.94. The summed E-state index contributed by atoms with van der Waals surface area (Å²) in [6, 6.07) is 4.83. The lowest BCUT2D eigenvalue weighted by Crippen LogP contribution is -2.46. The Bertz CT molecular complexity index is 895. The average Bonchev–Trinajstić information content (AvgIpc) is 2.98. The van der Waals surface area contributed by atoms with Crippen molar-refractivity contribution in [2.75, 3.05) is 19.6 Å². The van der Waals surface area contributed by atoms with E-state index >= 15 is 0 Å². The van der Waals surface area contributed by atoms with E-state index in [4.69, 9.17) is 0 Å². The smallest absolute Gasteiger partial charge is 0.306 e. The number of imidazole rings is 1. The second-order valence-electron chi connectivity index (χ2n) is 7.52. The second-order valence-corrected chi connectivity index (χ2v) is 9.29. The third kappa shape index (κ3) is 4.55. The minimum Gasteiger partial charge on any atom is -0.306 e. The van der Waals surface area contributed by atoms with Crippen LogP contribution in [0.3, 0.4) is 0 Å². The first-order chi connectivity index (χ1) is 12.3. The Kier molecular flexibility index (Phi) is 5.84. The number of hydrogen-bond donors (Lipinski definition) is 3. The molecule has 2 heterocycles. The quantitative estimate of drug-likeness (QED) is 0.684. The summed E-state index contributed by atoms with van der Waals surface area (Å²) >= 11 is 0. The Balaban J connectivity index is 1.74. The van der Waals surface area contributed by atoms with Crippen LogP contribution in [0.15, 0.2) is 27.9 Å². The van der Waals surface area contributed by atoms with Crippen LogP contribution in [0.5, 0.6) is 0 Å². The van der Waals surface area contributed by atoms with Crippen LogP contribution in [0.2, 0.25) is 0 Å². The molecule has 3 rings (SSSR count). The third-order valence-corrected chi connectivity index (χ3v) is 6.38. The van der Waals surface area contributed by atoms with Crippen LogP contribution in [-0.2, 0) is 10.0 Å². The molecule has 26 heavy (non-hydrogen) atoms. The van der Waals surface area contributed by atoms with E-state index in [-0.39, 0.29) is 16.6 Å². The highest BCUT2D eigenvalue weighted by Crippen LogP contribution is 2.19. The SMILES string of the molecule is CC(C)CC(CNS(=O)(=O)c1ccc2[nH]c(=O)[nH]c2c1)N1CCCCC1. The van der Waals surface area contributed by atoms with Gasteiger partial charge in [0.2, 0.25) is 10.0 Å². The molecule has 0 amide bonds. The van der Waals surface area contributed by atoms with Gasteiger partial charge in [0.25, 0.3) is 0 Å². The molecule has 1 aliphatic rings. The minimum absolute atomic E-state index is 0.169. The lowest BCUT2D eigenvalue weighted by molar-refractivity contribution is 0.146. The zero-order valence-electron chi connectivity index (χ0n) is 15.4. The number of H-pyrrole nitrogens is 2. The Labute approximate surface area is 154 Å². The van der Waals surface area contributed by atoms with Crippen LogP contribution >= 0.6 is 0 Å². The number of hydrogen-bond acceptors (Lipinski definition) is 4. The summed E-state index contributed by atoms with van der Waals surface area (Å²) < 4.78 is 28.2. The Morgan fingerprint density at radius 2 is 1.81 bits per heavy atom. The number of likely N-dealkylation sites (tertiary alicyclic amines) is 1. The van der Waals surface area contributed by atoms with Crippen LogP contribution in [0.25, 0.3) is 11.0 Å². The molecule has 8 heteroatoms. The number of nitrogens with zero attached hydrogens (tertiary/aromatic N) is 1.